The molecule has 3 aromatic rings. The summed E-state index contributed by atoms with van der Waals surface area (Å²) in [5.74, 6) is -0.338. The number of carbonyl (C=O) groups excluding carboxylic acids is 1. The molecular weight excluding hydrogens is 435 g/mol. The van der Waals surface area contributed by atoms with Crippen molar-refractivity contribution in [2.24, 2.45) is 0 Å². The van der Waals surface area contributed by atoms with Crippen molar-refractivity contribution in [3.8, 4) is 5.69 Å². The highest BCUT2D eigenvalue weighted by Crippen LogP contribution is 2.22. The molecule has 1 N–H and O–H groups in total. The minimum absolute atomic E-state index is 0.139. The van der Waals surface area contributed by atoms with E-state index in [1.807, 2.05) is 0 Å². The molecule has 0 aliphatic carbocycles. The van der Waals surface area contributed by atoms with E-state index in [1.54, 1.807) is 31.2 Å². The number of amides is 1. The molecule has 11 heteroatoms. The first-order valence-corrected chi connectivity index (χ1v) is 11.7. The molecular formula is C21H23FN6O3S. The Morgan fingerprint density at radius 3 is 2.50 bits per heavy atom. The van der Waals surface area contributed by atoms with Crippen LogP contribution in [0.3, 0.4) is 0 Å². The predicted octanol–water partition coefficient (Wildman–Crippen LogP) is 2.47. The number of sulfonamides is 1. The highest BCUT2D eigenvalue weighted by Gasteiger charge is 2.26. The van der Waals surface area contributed by atoms with Gasteiger partial charge in [-0.1, -0.05) is 12.1 Å². The Balaban J connectivity index is 1.37. The zero-order chi connectivity index (χ0) is 22.7. The first-order valence-electron chi connectivity index (χ1n) is 10.3. The number of nitrogens with one attached hydrogen (secondary N) is 1. The average molecular weight is 459 g/mol. The summed E-state index contributed by atoms with van der Waals surface area (Å²) >= 11 is 0. The molecule has 1 saturated heterocycles. The van der Waals surface area contributed by atoms with Crippen LogP contribution in [0, 0.1) is 12.7 Å². The summed E-state index contributed by atoms with van der Waals surface area (Å²) in [6.07, 6.45) is 2.40. The van der Waals surface area contributed by atoms with Crippen molar-refractivity contribution in [1.82, 2.24) is 24.5 Å². The van der Waals surface area contributed by atoms with E-state index >= 15 is 0 Å². The Kier molecular flexibility index (Phi) is 6.28. The van der Waals surface area contributed by atoms with Gasteiger partial charge in [0.15, 0.2) is 5.82 Å². The number of benzene rings is 2. The topological polar surface area (TPSA) is 110 Å². The summed E-state index contributed by atoms with van der Waals surface area (Å²) in [5, 5.41) is 13.7. The van der Waals surface area contributed by atoms with Gasteiger partial charge >= 0.3 is 0 Å². The third-order valence-electron chi connectivity index (χ3n) is 5.35. The second kappa shape index (κ2) is 9.13. The lowest BCUT2D eigenvalue weighted by Crippen LogP contribution is -2.27. The van der Waals surface area contributed by atoms with Crippen molar-refractivity contribution >= 4 is 21.6 Å². The van der Waals surface area contributed by atoms with E-state index in [-0.39, 0.29) is 22.9 Å². The van der Waals surface area contributed by atoms with Gasteiger partial charge < -0.3 is 5.32 Å². The molecule has 1 aliphatic rings. The lowest BCUT2D eigenvalue weighted by molar-refractivity contribution is -0.116. The van der Waals surface area contributed by atoms with E-state index in [0.717, 1.165) is 18.4 Å². The van der Waals surface area contributed by atoms with Gasteiger partial charge in [0.1, 0.15) is 11.5 Å². The Morgan fingerprint density at radius 1 is 1.12 bits per heavy atom. The van der Waals surface area contributed by atoms with Gasteiger partial charge in [-0.3, -0.25) is 4.79 Å². The number of carbonyl (C=O) groups is 1. The van der Waals surface area contributed by atoms with E-state index in [9.17, 15) is 17.6 Å². The molecule has 0 atom stereocenters. The van der Waals surface area contributed by atoms with Crippen LogP contribution in [0.2, 0.25) is 0 Å². The standard InChI is InChI=1S/C21H23FN6O3S/c1-15-24-25-26-28(15)20-14-17(7-10-19(20)22)23-21(29)11-6-16-4-8-18(9-5-16)32(30,31)27-12-2-3-13-27/h4-5,7-10,14H,2-3,6,11-13H2,1H3,(H,23,29). The molecule has 0 radical (unpaired) electrons. The molecule has 0 bridgehead atoms. The fourth-order valence-corrected chi connectivity index (χ4v) is 5.11. The van der Waals surface area contributed by atoms with Crippen LogP contribution in [0.25, 0.3) is 5.69 Å². The Morgan fingerprint density at radius 2 is 1.84 bits per heavy atom. The molecule has 168 valence electrons. The number of nitrogens with zero attached hydrogens (tertiary/aromatic N) is 5. The lowest BCUT2D eigenvalue weighted by Gasteiger charge is -2.15. The van der Waals surface area contributed by atoms with Crippen LogP contribution < -0.4 is 5.32 Å². The SMILES string of the molecule is Cc1nnnn1-c1cc(NC(=O)CCc2ccc(S(=O)(=O)N3CCCC3)cc2)ccc1F. The maximum atomic E-state index is 14.2. The van der Waals surface area contributed by atoms with E-state index < -0.39 is 15.8 Å². The fourth-order valence-electron chi connectivity index (χ4n) is 3.59. The van der Waals surface area contributed by atoms with Crippen LogP contribution >= 0.6 is 0 Å². The van der Waals surface area contributed by atoms with Gasteiger partial charge in [-0.25, -0.2) is 12.8 Å². The van der Waals surface area contributed by atoms with Crippen LogP contribution in [0.15, 0.2) is 47.4 Å². The molecule has 32 heavy (non-hydrogen) atoms. The first-order chi connectivity index (χ1) is 15.3. The smallest absolute Gasteiger partial charge is 0.243 e. The molecule has 9 nitrogen and oxygen atoms in total. The van der Waals surface area contributed by atoms with Crippen molar-refractivity contribution in [2.75, 3.05) is 18.4 Å². The molecule has 0 spiro atoms. The Bertz CT molecular complexity index is 1220. The quantitative estimate of drug-likeness (QED) is 0.582. The highest BCUT2D eigenvalue weighted by molar-refractivity contribution is 7.89. The molecule has 2 heterocycles. The molecule has 1 amide bonds. The second-order valence-electron chi connectivity index (χ2n) is 7.61. The highest BCUT2D eigenvalue weighted by atomic mass is 32.2. The van der Waals surface area contributed by atoms with Crippen LogP contribution in [0.1, 0.15) is 30.7 Å². The van der Waals surface area contributed by atoms with Crippen LogP contribution in [0.5, 0.6) is 0 Å². The minimum Gasteiger partial charge on any atom is -0.326 e. The van der Waals surface area contributed by atoms with Crippen LogP contribution in [0.4, 0.5) is 10.1 Å². The summed E-state index contributed by atoms with van der Waals surface area (Å²) in [4.78, 5) is 12.6. The van der Waals surface area contributed by atoms with E-state index in [1.165, 1.54) is 27.2 Å². The van der Waals surface area contributed by atoms with Crippen molar-refractivity contribution in [3.63, 3.8) is 0 Å². The van der Waals surface area contributed by atoms with E-state index in [2.05, 4.69) is 20.8 Å². The molecule has 0 unspecified atom stereocenters. The van der Waals surface area contributed by atoms with Crippen LogP contribution in [-0.4, -0.2) is 51.9 Å². The number of rotatable bonds is 7. The largest absolute Gasteiger partial charge is 0.326 e. The predicted molar refractivity (Wildman–Crippen MR) is 115 cm³/mol. The van der Waals surface area contributed by atoms with Gasteiger partial charge in [0, 0.05) is 25.2 Å². The summed E-state index contributed by atoms with van der Waals surface area (Å²) in [7, 11) is -3.45. The summed E-state index contributed by atoms with van der Waals surface area (Å²) < 4.78 is 42.1. The van der Waals surface area contributed by atoms with Crippen molar-refractivity contribution < 1.29 is 17.6 Å². The summed E-state index contributed by atoms with van der Waals surface area (Å²) in [6, 6.07) is 10.8. The van der Waals surface area contributed by atoms with Gasteiger partial charge in [-0.2, -0.15) is 8.99 Å². The van der Waals surface area contributed by atoms with Gasteiger partial charge in [0.05, 0.1) is 4.90 Å². The lowest BCUT2D eigenvalue weighted by atomic mass is 10.1. The third-order valence-corrected chi connectivity index (χ3v) is 7.26. The third kappa shape index (κ3) is 4.68. The molecule has 4 rings (SSSR count). The van der Waals surface area contributed by atoms with Gasteiger partial charge in [0.25, 0.3) is 0 Å². The molecule has 2 aromatic carbocycles. The van der Waals surface area contributed by atoms with E-state index in [0.29, 0.717) is 31.0 Å². The minimum atomic E-state index is -3.45. The zero-order valence-corrected chi connectivity index (χ0v) is 18.3. The number of hydrogen-bond acceptors (Lipinski definition) is 6. The molecule has 1 fully saturated rings. The second-order valence-corrected chi connectivity index (χ2v) is 9.55. The normalized spacial score (nSPS) is 14.6. The fraction of sp³-hybridized carbons (Fsp3) is 0.333. The molecule has 0 saturated carbocycles. The Hall–Kier alpha value is -3.18. The monoisotopic (exact) mass is 458 g/mol. The van der Waals surface area contributed by atoms with Gasteiger partial charge in [0.2, 0.25) is 15.9 Å². The van der Waals surface area contributed by atoms with Crippen molar-refractivity contribution in [3.05, 3.63) is 59.7 Å². The molecule has 1 aliphatic heterocycles. The summed E-state index contributed by atoms with van der Waals surface area (Å²) in [5.41, 5.74) is 1.41. The number of hydrogen-bond donors (Lipinski definition) is 1. The number of anilines is 1. The van der Waals surface area contributed by atoms with Crippen LogP contribution in [-0.2, 0) is 21.2 Å². The number of tetrazole rings is 1. The maximum absolute atomic E-state index is 14.2. The number of aryl methyl sites for hydroxylation is 2. The van der Waals surface area contributed by atoms with Crippen molar-refractivity contribution in [2.45, 2.75) is 37.5 Å². The van der Waals surface area contributed by atoms with Gasteiger partial charge in [-0.15, -0.1) is 5.10 Å². The van der Waals surface area contributed by atoms with Crippen molar-refractivity contribution in [1.29, 1.82) is 0 Å². The average Bonchev–Trinajstić information content (AvgIpc) is 3.46. The van der Waals surface area contributed by atoms with Gasteiger partial charge in [-0.05, 0) is 72.5 Å². The van der Waals surface area contributed by atoms with E-state index in [4.69, 9.17) is 0 Å². The number of halogens is 1. The zero-order valence-electron chi connectivity index (χ0n) is 17.5. The summed E-state index contributed by atoms with van der Waals surface area (Å²) in [6.45, 7) is 2.76. The Labute approximate surface area is 185 Å². The maximum Gasteiger partial charge on any atom is 0.243 e. The molecule has 1 aromatic heterocycles. The first kappa shape index (κ1) is 22.0. The number of aromatic nitrogens is 4.